The average Bonchev–Trinajstić information content (AvgIpc) is 3.21. The smallest absolute Gasteiger partial charge is 0.191 e. The number of hydrogen-bond acceptors (Lipinski definition) is 2. The van der Waals surface area contributed by atoms with E-state index in [2.05, 4.69) is 75.8 Å². The Morgan fingerprint density at radius 1 is 0.964 bits per heavy atom. The van der Waals surface area contributed by atoms with E-state index in [4.69, 9.17) is 4.99 Å². The number of rotatable bonds is 8. The van der Waals surface area contributed by atoms with Crippen molar-refractivity contribution in [2.75, 3.05) is 26.2 Å². The van der Waals surface area contributed by atoms with Crippen LogP contribution in [0.15, 0.2) is 53.8 Å². The third-order valence-corrected chi connectivity index (χ3v) is 5.04. The van der Waals surface area contributed by atoms with Gasteiger partial charge in [0.15, 0.2) is 5.96 Å². The third kappa shape index (κ3) is 7.47. The van der Waals surface area contributed by atoms with Crippen molar-refractivity contribution in [1.82, 2.24) is 20.1 Å². The lowest BCUT2D eigenvalue weighted by Gasteiger charge is -2.27. The van der Waals surface area contributed by atoms with Gasteiger partial charge in [-0.15, -0.1) is 24.0 Å². The molecule has 2 N–H and O–H groups in total. The maximum Gasteiger partial charge on any atom is 0.191 e. The van der Waals surface area contributed by atoms with Gasteiger partial charge in [0.2, 0.25) is 0 Å². The van der Waals surface area contributed by atoms with Crippen molar-refractivity contribution in [1.29, 1.82) is 0 Å². The van der Waals surface area contributed by atoms with Gasteiger partial charge in [0.05, 0.1) is 6.54 Å². The van der Waals surface area contributed by atoms with Crippen molar-refractivity contribution in [2.24, 2.45) is 4.99 Å². The van der Waals surface area contributed by atoms with E-state index in [0.29, 0.717) is 6.54 Å². The summed E-state index contributed by atoms with van der Waals surface area (Å²) in [5.74, 6) is 0.887. The number of guanidine groups is 1. The summed E-state index contributed by atoms with van der Waals surface area (Å²) in [6.45, 7) is 8.96. The number of piperidine rings is 1. The summed E-state index contributed by atoms with van der Waals surface area (Å²) in [5.41, 5.74) is 2.73. The van der Waals surface area contributed by atoms with E-state index >= 15 is 0 Å². The minimum Gasteiger partial charge on any atom is -0.357 e. The number of hydrogen-bond donors (Lipinski definition) is 2. The molecule has 0 radical (unpaired) electrons. The van der Waals surface area contributed by atoms with Crippen LogP contribution in [0, 0.1) is 0 Å². The van der Waals surface area contributed by atoms with Crippen LogP contribution in [-0.4, -0.2) is 41.6 Å². The maximum absolute atomic E-state index is 4.82. The first kappa shape index (κ1) is 22.7. The normalized spacial score (nSPS) is 15.1. The van der Waals surface area contributed by atoms with Crippen LogP contribution >= 0.6 is 24.0 Å². The molecule has 1 aliphatic rings. The summed E-state index contributed by atoms with van der Waals surface area (Å²) in [6.07, 6.45) is 8.21. The fourth-order valence-corrected chi connectivity index (χ4v) is 3.55. The summed E-state index contributed by atoms with van der Waals surface area (Å²) in [4.78, 5) is 7.40. The highest BCUT2D eigenvalue weighted by Crippen LogP contribution is 2.16. The quantitative estimate of drug-likeness (QED) is 0.332. The number of benzene rings is 1. The molecule has 0 atom stereocenters. The standard InChI is InChI=1S/C22H33N5.HI/c1-2-23-22(24-12-17-26-13-8-9-14-26)25-18-20-10-4-5-11-21(20)19-27-15-6-3-7-16-27;/h4-5,8-11,13-14H,2-3,6-7,12,15-19H2,1H3,(H2,23,24,25);1H. The van der Waals surface area contributed by atoms with Crippen LogP contribution in [0.25, 0.3) is 0 Å². The molecular formula is C22H34IN5. The number of nitrogens with zero attached hydrogens (tertiary/aromatic N) is 3. The number of likely N-dealkylation sites (tertiary alicyclic amines) is 1. The van der Waals surface area contributed by atoms with Crippen molar-refractivity contribution in [3.8, 4) is 0 Å². The molecule has 1 aromatic heterocycles. The highest BCUT2D eigenvalue weighted by Gasteiger charge is 2.12. The van der Waals surface area contributed by atoms with Crippen LogP contribution < -0.4 is 10.6 Å². The lowest BCUT2D eigenvalue weighted by molar-refractivity contribution is 0.220. The zero-order valence-electron chi connectivity index (χ0n) is 16.9. The van der Waals surface area contributed by atoms with E-state index in [1.165, 1.54) is 43.5 Å². The Morgan fingerprint density at radius 2 is 1.68 bits per heavy atom. The van der Waals surface area contributed by atoms with Gasteiger partial charge in [0.25, 0.3) is 0 Å². The minimum atomic E-state index is 0. The first-order chi connectivity index (χ1) is 13.3. The van der Waals surface area contributed by atoms with Gasteiger partial charge in [0.1, 0.15) is 0 Å². The Bertz CT molecular complexity index is 693. The van der Waals surface area contributed by atoms with Crippen molar-refractivity contribution in [3.63, 3.8) is 0 Å². The zero-order valence-corrected chi connectivity index (χ0v) is 19.3. The first-order valence-corrected chi connectivity index (χ1v) is 10.3. The molecule has 1 aliphatic heterocycles. The average molecular weight is 495 g/mol. The van der Waals surface area contributed by atoms with E-state index in [0.717, 1.165) is 32.1 Å². The highest BCUT2D eigenvalue weighted by atomic mass is 127. The number of aliphatic imine (C=N–C) groups is 1. The van der Waals surface area contributed by atoms with E-state index in [9.17, 15) is 0 Å². The van der Waals surface area contributed by atoms with Crippen LogP contribution in [0.1, 0.15) is 37.3 Å². The van der Waals surface area contributed by atoms with Crippen molar-refractivity contribution < 1.29 is 0 Å². The molecule has 5 nitrogen and oxygen atoms in total. The number of nitrogens with one attached hydrogen (secondary N) is 2. The van der Waals surface area contributed by atoms with Gasteiger partial charge in [-0.1, -0.05) is 30.7 Å². The molecule has 6 heteroatoms. The molecule has 3 rings (SSSR count). The van der Waals surface area contributed by atoms with Crippen molar-refractivity contribution in [2.45, 2.75) is 45.8 Å². The Balaban J connectivity index is 0.00000280. The number of aromatic nitrogens is 1. The molecule has 0 bridgehead atoms. The predicted octanol–water partition coefficient (Wildman–Crippen LogP) is 3.85. The third-order valence-electron chi connectivity index (χ3n) is 5.04. The van der Waals surface area contributed by atoms with Crippen LogP contribution in [0.3, 0.4) is 0 Å². The predicted molar refractivity (Wildman–Crippen MR) is 128 cm³/mol. The molecule has 0 spiro atoms. The van der Waals surface area contributed by atoms with E-state index in [-0.39, 0.29) is 24.0 Å². The van der Waals surface area contributed by atoms with Gasteiger partial charge in [-0.3, -0.25) is 4.90 Å². The largest absolute Gasteiger partial charge is 0.357 e. The van der Waals surface area contributed by atoms with E-state index < -0.39 is 0 Å². The van der Waals surface area contributed by atoms with E-state index in [1.54, 1.807) is 0 Å². The second kappa shape index (κ2) is 12.8. The van der Waals surface area contributed by atoms with Crippen molar-refractivity contribution >= 4 is 29.9 Å². The summed E-state index contributed by atoms with van der Waals surface area (Å²) >= 11 is 0. The molecule has 0 unspecified atom stereocenters. The fourth-order valence-electron chi connectivity index (χ4n) is 3.55. The van der Waals surface area contributed by atoms with Crippen LogP contribution in [-0.2, 0) is 19.6 Å². The Hall–Kier alpha value is -1.54. The van der Waals surface area contributed by atoms with Gasteiger partial charge < -0.3 is 15.2 Å². The van der Waals surface area contributed by atoms with Crippen LogP contribution in [0.5, 0.6) is 0 Å². The fraction of sp³-hybridized carbons (Fsp3) is 0.500. The SMILES string of the molecule is CCNC(=NCc1ccccc1CN1CCCCC1)NCCn1cccc1.I. The Labute approximate surface area is 186 Å². The van der Waals surface area contributed by atoms with Crippen LogP contribution in [0.4, 0.5) is 0 Å². The van der Waals surface area contributed by atoms with Gasteiger partial charge in [-0.2, -0.15) is 0 Å². The summed E-state index contributed by atoms with van der Waals surface area (Å²) < 4.78 is 2.17. The van der Waals surface area contributed by atoms with Crippen LogP contribution in [0.2, 0.25) is 0 Å². The molecule has 1 aromatic carbocycles. The van der Waals surface area contributed by atoms with Crippen molar-refractivity contribution in [3.05, 3.63) is 59.9 Å². The van der Waals surface area contributed by atoms with Gasteiger partial charge in [-0.25, -0.2) is 4.99 Å². The Morgan fingerprint density at radius 3 is 2.39 bits per heavy atom. The minimum absolute atomic E-state index is 0. The van der Waals surface area contributed by atoms with E-state index in [1.807, 2.05) is 0 Å². The highest BCUT2D eigenvalue weighted by molar-refractivity contribution is 14.0. The summed E-state index contributed by atoms with van der Waals surface area (Å²) in [5, 5.41) is 6.79. The summed E-state index contributed by atoms with van der Waals surface area (Å²) in [7, 11) is 0. The molecular weight excluding hydrogens is 461 g/mol. The second-order valence-corrected chi connectivity index (χ2v) is 7.15. The second-order valence-electron chi connectivity index (χ2n) is 7.15. The molecule has 2 aromatic rings. The Kier molecular flexibility index (Phi) is 10.4. The van der Waals surface area contributed by atoms with Gasteiger partial charge in [-0.05, 0) is 56.1 Å². The van der Waals surface area contributed by atoms with Gasteiger partial charge in [0, 0.05) is 38.6 Å². The molecule has 0 aliphatic carbocycles. The maximum atomic E-state index is 4.82. The topological polar surface area (TPSA) is 44.6 Å². The molecule has 2 heterocycles. The lowest BCUT2D eigenvalue weighted by atomic mass is 10.1. The lowest BCUT2D eigenvalue weighted by Crippen LogP contribution is -2.38. The molecule has 154 valence electrons. The molecule has 28 heavy (non-hydrogen) atoms. The zero-order chi connectivity index (χ0) is 18.7. The molecule has 1 fully saturated rings. The molecule has 1 saturated heterocycles. The first-order valence-electron chi connectivity index (χ1n) is 10.3. The van der Waals surface area contributed by atoms with Gasteiger partial charge >= 0.3 is 0 Å². The number of halogens is 1. The summed E-state index contributed by atoms with van der Waals surface area (Å²) in [6, 6.07) is 12.8. The monoisotopic (exact) mass is 495 g/mol. The molecule has 0 amide bonds. The molecule has 0 saturated carbocycles.